The Bertz CT molecular complexity index is 927. The highest BCUT2D eigenvalue weighted by molar-refractivity contribution is 5.99. The SMILES string of the molecule is CN1C(=O)[C@@H](OC(=O)NC(C)(C)C)COc2ccc(OCc3ccc(F)cn3)cc21. The van der Waals surface area contributed by atoms with Crippen LogP contribution in [0, 0.1) is 5.82 Å². The largest absolute Gasteiger partial charge is 0.487 e. The van der Waals surface area contributed by atoms with Crippen molar-refractivity contribution < 1.29 is 28.2 Å². The summed E-state index contributed by atoms with van der Waals surface area (Å²) in [5, 5.41) is 2.65. The molecule has 0 bridgehead atoms. The predicted octanol–water partition coefficient (Wildman–Crippen LogP) is 3.05. The number of pyridine rings is 1. The van der Waals surface area contributed by atoms with Crippen molar-refractivity contribution in [3.8, 4) is 11.5 Å². The number of hydrogen-bond acceptors (Lipinski definition) is 6. The van der Waals surface area contributed by atoms with E-state index >= 15 is 0 Å². The average molecular weight is 417 g/mol. The molecule has 9 heteroatoms. The topological polar surface area (TPSA) is 90.0 Å². The van der Waals surface area contributed by atoms with Gasteiger partial charge >= 0.3 is 6.09 Å². The van der Waals surface area contributed by atoms with Crippen LogP contribution in [-0.2, 0) is 16.1 Å². The van der Waals surface area contributed by atoms with Gasteiger partial charge in [0.2, 0.25) is 6.10 Å². The first-order chi connectivity index (χ1) is 14.1. The maximum atomic E-state index is 13.0. The lowest BCUT2D eigenvalue weighted by Crippen LogP contribution is -2.46. The zero-order valence-corrected chi connectivity index (χ0v) is 17.3. The second-order valence-electron chi connectivity index (χ2n) is 7.86. The molecule has 3 rings (SSSR count). The van der Waals surface area contributed by atoms with Gasteiger partial charge in [0.25, 0.3) is 5.91 Å². The molecule has 0 spiro atoms. The van der Waals surface area contributed by atoms with Gasteiger partial charge in [-0.05, 0) is 45.0 Å². The number of carbonyl (C=O) groups is 2. The first-order valence-electron chi connectivity index (χ1n) is 9.39. The smallest absolute Gasteiger partial charge is 0.408 e. The van der Waals surface area contributed by atoms with E-state index in [2.05, 4.69) is 10.3 Å². The molecule has 0 saturated heterocycles. The van der Waals surface area contributed by atoms with E-state index < -0.39 is 29.5 Å². The number of rotatable bonds is 4. The molecule has 2 aromatic rings. The molecule has 1 aromatic carbocycles. The molecule has 1 aliphatic rings. The molecular weight excluding hydrogens is 393 g/mol. The summed E-state index contributed by atoms with van der Waals surface area (Å²) in [7, 11) is 1.57. The molecule has 1 aliphatic heterocycles. The number of amides is 2. The summed E-state index contributed by atoms with van der Waals surface area (Å²) in [6.45, 7) is 5.46. The highest BCUT2D eigenvalue weighted by Gasteiger charge is 2.33. The van der Waals surface area contributed by atoms with Gasteiger partial charge in [-0.2, -0.15) is 0 Å². The molecule has 1 N–H and O–H groups in total. The summed E-state index contributed by atoms with van der Waals surface area (Å²) >= 11 is 0. The van der Waals surface area contributed by atoms with Crippen LogP contribution in [0.25, 0.3) is 0 Å². The van der Waals surface area contributed by atoms with Crippen LogP contribution in [0.1, 0.15) is 26.5 Å². The summed E-state index contributed by atoms with van der Waals surface area (Å²) in [6, 6.07) is 7.84. The van der Waals surface area contributed by atoms with Gasteiger partial charge < -0.3 is 24.4 Å². The van der Waals surface area contributed by atoms with Crippen LogP contribution in [0.2, 0.25) is 0 Å². The molecule has 1 atom stereocenters. The molecule has 2 heterocycles. The van der Waals surface area contributed by atoms with E-state index in [1.165, 1.54) is 17.0 Å². The van der Waals surface area contributed by atoms with E-state index in [9.17, 15) is 14.0 Å². The molecule has 1 aromatic heterocycles. The number of nitrogens with one attached hydrogen (secondary N) is 1. The van der Waals surface area contributed by atoms with E-state index in [1.54, 1.807) is 25.2 Å². The second-order valence-corrected chi connectivity index (χ2v) is 7.86. The first kappa shape index (κ1) is 21.4. The number of anilines is 1. The van der Waals surface area contributed by atoms with Crippen LogP contribution in [0.4, 0.5) is 14.9 Å². The number of benzene rings is 1. The van der Waals surface area contributed by atoms with Crippen molar-refractivity contribution in [2.45, 2.75) is 39.0 Å². The van der Waals surface area contributed by atoms with Crippen molar-refractivity contribution in [3.63, 3.8) is 0 Å². The van der Waals surface area contributed by atoms with Crippen molar-refractivity contribution in [2.75, 3.05) is 18.6 Å². The van der Waals surface area contributed by atoms with Crippen molar-refractivity contribution >= 4 is 17.7 Å². The van der Waals surface area contributed by atoms with Crippen LogP contribution in [-0.4, -0.2) is 42.3 Å². The Balaban J connectivity index is 1.69. The summed E-state index contributed by atoms with van der Waals surface area (Å²) < 4.78 is 29.6. The van der Waals surface area contributed by atoms with Gasteiger partial charge in [-0.1, -0.05) is 0 Å². The zero-order chi connectivity index (χ0) is 21.9. The lowest BCUT2D eigenvalue weighted by atomic mass is 10.1. The Morgan fingerprint density at radius 2 is 2.10 bits per heavy atom. The Kier molecular flexibility index (Phi) is 6.09. The number of hydrogen-bond donors (Lipinski definition) is 1. The third-order valence-corrected chi connectivity index (χ3v) is 4.19. The van der Waals surface area contributed by atoms with Gasteiger partial charge in [-0.3, -0.25) is 9.78 Å². The summed E-state index contributed by atoms with van der Waals surface area (Å²) in [5.74, 6) is 0.0950. The number of fused-ring (bicyclic) bond motifs is 1. The lowest BCUT2D eigenvalue weighted by molar-refractivity contribution is -0.127. The fourth-order valence-corrected chi connectivity index (χ4v) is 2.74. The highest BCUT2D eigenvalue weighted by atomic mass is 19.1. The van der Waals surface area contributed by atoms with Crippen molar-refractivity contribution in [1.82, 2.24) is 10.3 Å². The summed E-state index contributed by atoms with van der Waals surface area (Å²) in [4.78, 5) is 30.1. The molecule has 2 amide bonds. The summed E-state index contributed by atoms with van der Waals surface area (Å²) in [6.07, 6.45) is -0.663. The monoisotopic (exact) mass is 417 g/mol. The Hall–Kier alpha value is -3.36. The first-order valence-corrected chi connectivity index (χ1v) is 9.39. The lowest BCUT2D eigenvalue weighted by Gasteiger charge is -2.23. The Labute approximate surface area is 173 Å². The van der Waals surface area contributed by atoms with Crippen LogP contribution in [0.5, 0.6) is 11.5 Å². The minimum atomic E-state index is -1.09. The number of alkyl carbamates (subject to hydrolysis) is 1. The number of carbonyl (C=O) groups excluding carboxylic acids is 2. The maximum absolute atomic E-state index is 13.0. The third-order valence-electron chi connectivity index (χ3n) is 4.19. The average Bonchev–Trinajstić information content (AvgIpc) is 2.78. The molecule has 30 heavy (non-hydrogen) atoms. The van der Waals surface area contributed by atoms with E-state index in [1.807, 2.05) is 20.8 Å². The fourth-order valence-electron chi connectivity index (χ4n) is 2.74. The number of halogens is 1. The van der Waals surface area contributed by atoms with Crippen LogP contribution in [0.3, 0.4) is 0 Å². The van der Waals surface area contributed by atoms with Crippen molar-refractivity contribution in [2.24, 2.45) is 0 Å². The third kappa shape index (κ3) is 5.37. The quantitative estimate of drug-likeness (QED) is 0.823. The molecule has 0 aliphatic carbocycles. The van der Waals surface area contributed by atoms with E-state index in [0.29, 0.717) is 22.9 Å². The zero-order valence-electron chi connectivity index (χ0n) is 17.3. The standard InChI is InChI=1S/C21H24FN3O5/c1-21(2,3)24-20(27)30-18-12-29-17-8-7-15(9-16(17)25(4)19(18)26)28-11-14-6-5-13(22)10-23-14/h5-10,18H,11-12H2,1-4H3,(H,24,27)/t18-/m0/s1. The second kappa shape index (κ2) is 8.56. The van der Waals surface area contributed by atoms with E-state index in [0.717, 1.165) is 6.20 Å². The molecular formula is C21H24FN3O5. The van der Waals surface area contributed by atoms with Crippen molar-refractivity contribution in [3.05, 3.63) is 48.0 Å². The number of ether oxygens (including phenoxy) is 3. The van der Waals surface area contributed by atoms with E-state index in [-0.39, 0.29) is 13.2 Å². The van der Waals surface area contributed by atoms with Gasteiger partial charge in [-0.25, -0.2) is 9.18 Å². The van der Waals surface area contributed by atoms with Crippen LogP contribution in [0.15, 0.2) is 36.5 Å². The molecule has 0 unspecified atom stereocenters. The minimum absolute atomic E-state index is 0.104. The van der Waals surface area contributed by atoms with Gasteiger partial charge in [0.05, 0.1) is 17.6 Å². The van der Waals surface area contributed by atoms with Gasteiger partial charge in [-0.15, -0.1) is 0 Å². The van der Waals surface area contributed by atoms with Crippen LogP contribution >= 0.6 is 0 Å². The Morgan fingerprint density at radius 3 is 2.77 bits per heavy atom. The summed E-state index contributed by atoms with van der Waals surface area (Å²) in [5.41, 5.74) is 0.545. The highest BCUT2D eigenvalue weighted by Crippen LogP contribution is 2.34. The minimum Gasteiger partial charge on any atom is -0.487 e. The maximum Gasteiger partial charge on any atom is 0.408 e. The molecule has 0 radical (unpaired) electrons. The molecule has 8 nitrogen and oxygen atoms in total. The predicted molar refractivity (Wildman–Crippen MR) is 107 cm³/mol. The van der Waals surface area contributed by atoms with Crippen LogP contribution < -0.4 is 19.7 Å². The van der Waals surface area contributed by atoms with E-state index in [4.69, 9.17) is 14.2 Å². The van der Waals surface area contributed by atoms with Gasteiger partial charge in [0.15, 0.2) is 0 Å². The number of aromatic nitrogens is 1. The number of nitrogens with zero attached hydrogens (tertiary/aromatic N) is 2. The molecule has 0 fully saturated rings. The van der Waals surface area contributed by atoms with Crippen molar-refractivity contribution in [1.29, 1.82) is 0 Å². The molecule has 160 valence electrons. The van der Waals surface area contributed by atoms with Gasteiger partial charge in [0, 0.05) is 18.7 Å². The van der Waals surface area contributed by atoms with Gasteiger partial charge in [0.1, 0.15) is 30.5 Å². The number of likely N-dealkylation sites (N-methyl/N-ethyl adjacent to an activating group) is 1. The molecule has 0 saturated carbocycles. The normalized spacial score (nSPS) is 16.2. The fraction of sp³-hybridized carbons (Fsp3) is 0.381. The Morgan fingerprint density at radius 1 is 1.33 bits per heavy atom.